The molecule has 31 heavy (non-hydrogen) atoms. The number of carbonyl (C=O) groups excluding carboxylic acids is 1. The molecule has 5 nitrogen and oxygen atoms in total. The highest BCUT2D eigenvalue weighted by Gasteiger charge is 2.35. The number of aliphatic carboxylic acids is 1. The van der Waals surface area contributed by atoms with E-state index in [2.05, 4.69) is 12.1 Å². The SMILES string of the molecule is O=C(O)C1Cc2cc(F)ccc2N(C(=O)OCC2c3ccccc3-c3ccccc32)C1. The lowest BCUT2D eigenvalue weighted by Crippen LogP contribution is -2.43. The maximum absolute atomic E-state index is 13.7. The second kappa shape index (κ2) is 7.54. The number of hydrogen-bond donors (Lipinski definition) is 1. The summed E-state index contributed by atoms with van der Waals surface area (Å²) in [5.41, 5.74) is 5.44. The molecule has 5 rings (SSSR count). The summed E-state index contributed by atoms with van der Waals surface area (Å²) in [6.07, 6.45) is -0.448. The van der Waals surface area contributed by atoms with Crippen LogP contribution in [0.1, 0.15) is 22.6 Å². The monoisotopic (exact) mass is 417 g/mol. The first-order valence-corrected chi connectivity index (χ1v) is 10.2. The second-order valence-electron chi connectivity index (χ2n) is 7.93. The van der Waals surface area contributed by atoms with Crippen molar-refractivity contribution in [2.45, 2.75) is 12.3 Å². The number of anilines is 1. The van der Waals surface area contributed by atoms with E-state index in [0.29, 0.717) is 11.3 Å². The molecular weight excluding hydrogens is 397 g/mol. The molecule has 0 spiro atoms. The Hall–Kier alpha value is -3.67. The molecule has 6 heteroatoms. The maximum Gasteiger partial charge on any atom is 0.414 e. The molecule has 1 N–H and O–H groups in total. The van der Waals surface area contributed by atoms with Crippen molar-refractivity contribution in [2.24, 2.45) is 5.92 Å². The predicted molar refractivity (Wildman–Crippen MR) is 114 cm³/mol. The lowest BCUT2D eigenvalue weighted by Gasteiger charge is -2.32. The van der Waals surface area contributed by atoms with Crippen LogP contribution in [0.15, 0.2) is 66.7 Å². The number of rotatable bonds is 3. The lowest BCUT2D eigenvalue weighted by molar-refractivity contribution is -0.141. The third kappa shape index (κ3) is 3.34. The quantitative estimate of drug-likeness (QED) is 0.662. The summed E-state index contributed by atoms with van der Waals surface area (Å²) < 4.78 is 19.4. The van der Waals surface area contributed by atoms with Crippen LogP contribution in [0.5, 0.6) is 0 Å². The highest BCUT2D eigenvalue weighted by atomic mass is 19.1. The molecule has 1 amide bonds. The molecule has 1 heterocycles. The topological polar surface area (TPSA) is 66.8 Å². The first-order valence-electron chi connectivity index (χ1n) is 10.2. The van der Waals surface area contributed by atoms with Crippen molar-refractivity contribution in [3.8, 4) is 11.1 Å². The van der Waals surface area contributed by atoms with Gasteiger partial charge in [-0.15, -0.1) is 0 Å². The van der Waals surface area contributed by atoms with Gasteiger partial charge in [0, 0.05) is 12.5 Å². The molecule has 1 unspecified atom stereocenters. The van der Waals surface area contributed by atoms with E-state index in [4.69, 9.17) is 4.74 Å². The molecule has 2 aliphatic rings. The molecule has 3 aromatic carbocycles. The summed E-state index contributed by atoms with van der Waals surface area (Å²) in [5, 5.41) is 9.48. The lowest BCUT2D eigenvalue weighted by atomic mass is 9.92. The highest BCUT2D eigenvalue weighted by Crippen LogP contribution is 2.44. The van der Waals surface area contributed by atoms with E-state index in [1.165, 1.54) is 23.1 Å². The number of halogens is 1. The number of hydrogen-bond acceptors (Lipinski definition) is 3. The number of carboxylic acid groups (broad SMARTS) is 1. The van der Waals surface area contributed by atoms with E-state index < -0.39 is 23.8 Å². The van der Waals surface area contributed by atoms with Crippen LogP contribution in [0.25, 0.3) is 11.1 Å². The number of benzene rings is 3. The smallest absolute Gasteiger partial charge is 0.414 e. The number of ether oxygens (including phenoxy) is 1. The zero-order valence-electron chi connectivity index (χ0n) is 16.6. The average molecular weight is 417 g/mol. The Morgan fingerprint density at radius 2 is 1.65 bits per heavy atom. The fraction of sp³-hybridized carbons (Fsp3) is 0.200. The van der Waals surface area contributed by atoms with Gasteiger partial charge in [0.15, 0.2) is 0 Å². The summed E-state index contributed by atoms with van der Waals surface area (Å²) in [7, 11) is 0. The van der Waals surface area contributed by atoms with Crippen LogP contribution in [-0.2, 0) is 16.0 Å². The summed E-state index contributed by atoms with van der Waals surface area (Å²) in [6, 6.07) is 20.1. The predicted octanol–water partition coefficient (Wildman–Crippen LogP) is 4.84. The molecule has 1 aliphatic carbocycles. The molecule has 156 valence electrons. The van der Waals surface area contributed by atoms with Gasteiger partial charge in [0.1, 0.15) is 12.4 Å². The summed E-state index contributed by atoms with van der Waals surface area (Å²) in [4.78, 5) is 25.9. The van der Waals surface area contributed by atoms with Crippen LogP contribution in [0, 0.1) is 11.7 Å². The third-order valence-electron chi connectivity index (χ3n) is 6.11. The van der Waals surface area contributed by atoms with Gasteiger partial charge in [-0.25, -0.2) is 9.18 Å². The molecule has 0 radical (unpaired) electrons. The molecule has 1 atom stereocenters. The first kappa shape index (κ1) is 19.3. The van der Waals surface area contributed by atoms with Gasteiger partial charge < -0.3 is 9.84 Å². The number of fused-ring (bicyclic) bond motifs is 4. The van der Waals surface area contributed by atoms with Crippen molar-refractivity contribution in [2.75, 3.05) is 18.1 Å². The van der Waals surface area contributed by atoms with Gasteiger partial charge in [0.2, 0.25) is 0 Å². The number of carboxylic acids is 1. The minimum Gasteiger partial charge on any atom is -0.481 e. The molecule has 0 aromatic heterocycles. The van der Waals surface area contributed by atoms with E-state index in [9.17, 15) is 19.1 Å². The second-order valence-corrected chi connectivity index (χ2v) is 7.93. The molecule has 0 saturated carbocycles. The van der Waals surface area contributed by atoms with E-state index in [0.717, 1.165) is 22.3 Å². The van der Waals surface area contributed by atoms with E-state index in [-0.39, 0.29) is 25.5 Å². The number of carbonyl (C=O) groups is 2. The average Bonchev–Trinajstić information content (AvgIpc) is 3.10. The summed E-state index contributed by atoms with van der Waals surface area (Å²) >= 11 is 0. The molecule has 0 fully saturated rings. The van der Waals surface area contributed by atoms with E-state index >= 15 is 0 Å². The normalized spacial score (nSPS) is 16.9. The van der Waals surface area contributed by atoms with Gasteiger partial charge in [-0.1, -0.05) is 48.5 Å². The van der Waals surface area contributed by atoms with Gasteiger partial charge >= 0.3 is 12.1 Å². The van der Waals surface area contributed by atoms with Crippen molar-refractivity contribution >= 4 is 17.7 Å². The minimum atomic E-state index is -1.02. The largest absolute Gasteiger partial charge is 0.481 e. The van der Waals surface area contributed by atoms with Gasteiger partial charge in [0.05, 0.1) is 11.6 Å². The van der Waals surface area contributed by atoms with Crippen molar-refractivity contribution < 1.29 is 23.8 Å². The van der Waals surface area contributed by atoms with Crippen LogP contribution >= 0.6 is 0 Å². The Morgan fingerprint density at radius 3 is 2.29 bits per heavy atom. The van der Waals surface area contributed by atoms with Gasteiger partial charge in [-0.05, 0) is 52.4 Å². The summed E-state index contributed by atoms with van der Waals surface area (Å²) in [5.74, 6) is -2.39. The molecule has 3 aromatic rings. The van der Waals surface area contributed by atoms with Gasteiger partial charge in [-0.2, -0.15) is 0 Å². The highest BCUT2D eigenvalue weighted by molar-refractivity contribution is 5.91. The molecular formula is C25H20FNO4. The summed E-state index contributed by atoms with van der Waals surface area (Å²) in [6.45, 7) is 0.127. The number of nitrogens with zero attached hydrogens (tertiary/aromatic N) is 1. The standard InChI is InChI=1S/C25H20FNO4/c26-17-9-10-23-15(12-17)11-16(24(28)29)13-27(23)25(30)31-14-22-20-7-3-1-5-18(20)19-6-2-4-8-21(19)22/h1-10,12,16,22H,11,13-14H2,(H,28,29). The Labute approximate surface area is 178 Å². The van der Waals surface area contributed by atoms with Crippen LogP contribution in [0.2, 0.25) is 0 Å². The van der Waals surface area contributed by atoms with E-state index in [1.807, 2.05) is 36.4 Å². The van der Waals surface area contributed by atoms with E-state index in [1.54, 1.807) is 0 Å². The van der Waals surface area contributed by atoms with Crippen LogP contribution < -0.4 is 4.90 Å². The van der Waals surface area contributed by atoms with Crippen LogP contribution in [0.4, 0.5) is 14.9 Å². The Kier molecular flexibility index (Phi) is 4.70. The van der Waals surface area contributed by atoms with Crippen molar-refractivity contribution in [1.29, 1.82) is 0 Å². The first-order chi connectivity index (χ1) is 15.0. The maximum atomic E-state index is 13.7. The molecule has 0 bridgehead atoms. The fourth-order valence-corrected chi connectivity index (χ4v) is 4.64. The zero-order valence-corrected chi connectivity index (χ0v) is 16.6. The Morgan fingerprint density at radius 1 is 1.00 bits per heavy atom. The van der Waals surface area contributed by atoms with Crippen molar-refractivity contribution in [3.63, 3.8) is 0 Å². The fourth-order valence-electron chi connectivity index (χ4n) is 4.64. The zero-order chi connectivity index (χ0) is 21.5. The molecule has 1 aliphatic heterocycles. The number of amides is 1. The Bertz CT molecular complexity index is 1150. The van der Waals surface area contributed by atoms with Gasteiger partial charge in [-0.3, -0.25) is 9.69 Å². The Balaban J connectivity index is 1.41. The van der Waals surface area contributed by atoms with Crippen LogP contribution in [-0.4, -0.2) is 30.3 Å². The van der Waals surface area contributed by atoms with Crippen LogP contribution in [0.3, 0.4) is 0 Å². The minimum absolute atomic E-state index is 0.00929. The van der Waals surface area contributed by atoms with Crippen molar-refractivity contribution in [1.82, 2.24) is 0 Å². The van der Waals surface area contributed by atoms with Gasteiger partial charge in [0.25, 0.3) is 0 Å². The molecule has 0 saturated heterocycles. The third-order valence-corrected chi connectivity index (χ3v) is 6.11. The van der Waals surface area contributed by atoms with Crippen molar-refractivity contribution in [3.05, 3.63) is 89.2 Å².